The summed E-state index contributed by atoms with van der Waals surface area (Å²) in [6.07, 6.45) is 4.72. The molecule has 2 aliphatic heterocycles. The molecule has 1 unspecified atom stereocenters. The van der Waals surface area contributed by atoms with Gasteiger partial charge in [-0.25, -0.2) is 8.42 Å². The van der Waals surface area contributed by atoms with Gasteiger partial charge in [0, 0.05) is 25.2 Å². The topological polar surface area (TPSA) is 86.1 Å². The fourth-order valence-electron chi connectivity index (χ4n) is 3.77. The van der Waals surface area contributed by atoms with Crippen molar-refractivity contribution in [3.8, 4) is 6.07 Å². The Bertz CT molecular complexity index is 1070. The molecule has 6 nitrogen and oxygen atoms in total. The van der Waals surface area contributed by atoms with Crippen LogP contribution in [0.2, 0.25) is 0 Å². The third-order valence-electron chi connectivity index (χ3n) is 5.14. The molecule has 0 saturated carbocycles. The second kappa shape index (κ2) is 6.80. The van der Waals surface area contributed by atoms with Crippen LogP contribution in [0.4, 0.5) is 5.69 Å². The predicted octanol–water partition coefficient (Wildman–Crippen LogP) is 2.47. The lowest BCUT2D eigenvalue weighted by molar-refractivity contribution is 0.589. The molecule has 1 N–H and O–H groups in total. The Labute approximate surface area is 159 Å². The molecule has 2 aliphatic rings. The summed E-state index contributed by atoms with van der Waals surface area (Å²) in [4.78, 5) is 4.56. The quantitative estimate of drug-likeness (QED) is 0.827. The van der Waals surface area contributed by atoms with Gasteiger partial charge in [0.2, 0.25) is 0 Å². The summed E-state index contributed by atoms with van der Waals surface area (Å²) >= 11 is 0. The SMILES string of the molecule is Cc1ccc(C#N)c(S(=O)(=O)N2CC(C3=CCNCC3)c3ncccc32)c1. The summed E-state index contributed by atoms with van der Waals surface area (Å²) in [6.45, 7) is 3.81. The number of anilines is 1. The highest BCUT2D eigenvalue weighted by molar-refractivity contribution is 7.93. The third kappa shape index (κ3) is 3.01. The molecule has 0 spiro atoms. The second-order valence-corrected chi connectivity index (χ2v) is 8.67. The van der Waals surface area contributed by atoms with Crippen LogP contribution < -0.4 is 9.62 Å². The van der Waals surface area contributed by atoms with Crippen LogP contribution in [-0.4, -0.2) is 33.0 Å². The standard InChI is InChI=1S/C20H20N4O2S/c1-14-4-5-16(12-21)19(11-14)27(25,26)24-13-17(15-6-9-22-10-7-15)20-18(24)3-2-8-23-20/h2-6,8,11,17,22H,7,9-10,13H2,1H3. The largest absolute Gasteiger partial charge is 0.313 e. The molecular formula is C20H20N4O2S. The number of nitriles is 1. The van der Waals surface area contributed by atoms with Gasteiger partial charge in [-0.2, -0.15) is 5.26 Å². The van der Waals surface area contributed by atoms with E-state index in [0.29, 0.717) is 12.2 Å². The maximum Gasteiger partial charge on any atom is 0.265 e. The summed E-state index contributed by atoms with van der Waals surface area (Å²) in [5, 5.41) is 12.7. The van der Waals surface area contributed by atoms with Crippen molar-refractivity contribution in [2.24, 2.45) is 0 Å². The van der Waals surface area contributed by atoms with Crippen LogP contribution in [-0.2, 0) is 10.0 Å². The minimum atomic E-state index is -3.86. The maximum atomic E-state index is 13.5. The molecule has 4 rings (SSSR count). The smallest absolute Gasteiger partial charge is 0.265 e. The Morgan fingerprint density at radius 1 is 1.33 bits per heavy atom. The van der Waals surface area contributed by atoms with Crippen LogP contribution >= 0.6 is 0 Å². The van der Waals surface area contributed by atoms with E-state index >= 15 is 0 Å². The monoisotopic (exact) mass is 380 g/mol. The number of hydrogen-bond donors (Lipinski definition) is 1. The average Bonchev–Trinajstić information content (AvgIpc) is 3.09. The van der Waals surface area contributed by atoms with E-state index in [1.807, 2.05) is 13.0 Å². The zero-order valence-electron chi connectivity index (χ0n) is 15.0. The van der Waals surface area contributed by atoms with Crippen molar-refractivity contribution in [3.05, 3.63) is 65.0 Å². The second-order valence-electron chi connectivity index (χ2n) is 6.84. The first-order valence-electron chi connectivity index (χ1n) is 8.90. The Morgan fingerprint density at radius 3 is 2.93 bits per heavy atom. The zero-order valence-corrected chi connectivity index (χ0v) is 15.8. The maximum absolute atomic E-state index is 13.5. The van der Waals surface area contributed by atoms with E-state index in [0.717, 1.165) is 30.8 Å². The molecule has 2 aromatic rings. The molecule has 0 amide bonds. The Balaban J connectivity index is 1.82. The van der Waals surface area contributed by atoms with Crippen LogP contribution in [0.3, 0.4) is 0 Å². The van der Waals surface area contributed by atoms with Gasteiger partial charge in [-0.15, -0.1) is 0 Å². The van der Waals surface area contributed by atoms with Crippen LogP contribution in [0, 0.1) is 18.3 Å². The number of sulfonamides is 1. The molecule has 0 radical (unpaired) electrons. The lowest BCUT2D eigenvalue weighted by atomic mass is 9.92. The van der Waals surface area contributed by atoms with Crippen molar-refractivity contribution in [2.75, 3.05) is 23.9 Å². The average molecular weight is 380 g/mol. The third-order valence-corrected chi connectivity index (χ3v) is 6.96. The van der Waals surface area contributed by atoms with Crippen molar-refractivity contribution in [1.82, 2.24) is 10.3 Å². The van der Waals surface area contributed by atoms with Crippen molar-refractivity contribution < 1.29 is 8.42 Å². The van der Waals surface area contributed by atoms with Crippen LogP contribution in [0.1, 0.15) is 29.2 Å². The number of hydrogen-bond acceptors (Lipinski definition) is 5. The molecule has 0 bridgehead atoms. The van der Waals surface area contributed by atoms with E-state index in [2.05, 4.69) is 16.4 Å². The minimum Gasteiger partial charge on any atom is -0.313 e. The highest BCUT2D eigenvalue weighted by Gasteiger charge is 2.39. The van der Waals surface area contributed by atoms with Gasteiger partial charge in [0.15, 0.2) is 0 Å². The van der Waals surface area contributed by atoms with Gasteiger partial charge in [0.05, 0.1) is 16.9 Å². The van der Waals surface area contributed by atoms with E-state index in [4.69, 9.17) is 0 Å². The first kappa shape index (κ1) is 17.7. The Morgan fingerprint density at radius 2 is 2.19 bits per heavy atom. The lowest BCUT2D eigenvalue weighted by Gasteiger charge is -2.22. The lowest BCUT2D eigenvalue weighted by Crippen LogP contribution is -2.31. The van der Waals surface area contributed by atoms with Gasteiger partial charge in [-0.05, 0) is 49.7 Å². The van der Waals surface area contributed by atoms with Crippen molar-refractivity contribution in [3.63, 3.8) is 0 Å². The molecule has 27 heavy (non-hydrogen) atoms. The molecule has 0 fully saturated rings. The van der Waals surface area contributed by atoms with Crippen LogP contribution in [0.5, 0.6) is 0 Å². The van der Waals surface area contributed by atoms with E-state index in [1.165, 1.54) is 9.88 Å². The summed E-state index contributed by atoms with van der Waals surface area (Å²) in [5.74, 6) is -0.0478. The molecule has 0 saturated heterocycles. The molecule has 0 aliphatic carbocycles. The fraction of sp³-hybridized carbons (Fsp3) is 0.300. The molecule has 1 aromatic carbocycles. The summed E-state index contributed by atoms with van der Waals surface area (Å²) in [7, 11) is -3.86. The van der Waals surface area contributed by atoms with Gasteiger partial charge in [0.1, 0.15) is 11.0 Å². The van der Waals surface area contributed by atoms with Crippen molar-refractivity contribution in [2.45, 2.75) is 24.2 Å². The number of benzene rings is 1. The molecule has 7 heteroatoms. The number of pyridine rings is 1. The number of aromatic nitrogens is 1. The van der Waals surface area contributed by atoms with Crippen molar-refractivity contribution in [1.29, 1.82) is 5.26 Å². The molecule has 3 heterocycles. The normalized spacial score (nSPS) is 19.3. The van der Waals surface area contributed by atoms with E-state index in [9.17, 15) is 13.7 Å². The predicted molar refractivity (Wildman–Crippen MR) is 103 cm³/mol. The Kier molecular flexibility index (Phi) is 4.46. The number of nitrogens with one attached hydrogen (secondary N) is 1. The number of nitrogens with zero attached hydrogens (tertiary/aromatic N) is 3. The summed E-state index contributed by atoms with van der Waals surface area (Å²) < 4.78 is 28.4. The molecule has 138 valence electrons. The summed E-state index contributed by atoms with van der Waals surface area (Å²) in [6, 6.07) is 10.4. The highest BCUT2D eigenvalue weighted by atomic mass is 32.2. The first-order valence-corrected chi connectivity index (χ1v) is 10.3. The van der Waals surface area contributed by atoms with E-state index in [1.54, 1.807) is 36.5 Å². The number of aryl methyl sites for hydroxylation is 1. The minimum absolute atomic E-state index is 0.0478. The first-order chi connectivity index (χ1) is 13.0. The van der Waals surface area contributed by atoms with E-state index in [-0.39, 0.29) is 16.4 Å². The molecular weight excluding hydrogens is 360 g/mol. The van der Waals surface area contributed by atoms with Crippen LogP contribution in [0.15, 0.2) is 53.1 Å². The van der Waals surface area contributed by atoms with Crippen LogP contribution in [0.25, 0.3) is 0 Å². The molecule has 1 atom stereocenters. The Hall–Kier alpha value is -2.69. The molecule has 1 aromatic heterocycles. The van der Waals surface area contributed by atoms with Crippen molar-refractivity contribution >= 4 is 15.7 Å². The van der Waals surface area contributed by atoms with Gasteiger partial charge >= 0.3 is 0 Å². The number of fused-ring (bicyclic) bond motifs is 1. The van der Waals surface area contributed by atoms with Gasteiger partial charge in [0.25, 0.3) is 10.0 Å². The van der Waals surface area contributed by atoms with E-state index < -0.39 is 10.0 Å². The number of rotatable bonds is 3. The highest BCUT2D eigenvalue weighted by Crippen LogP contribution is 2.42. The van der Waals surface area contributed by atoms with Gasteiger partial charge < -0.3 is 5.32 Å². The van der Waals surface area contributed by atoms with Gasteiger partial charge in [-0.1, -0.05) is 17.7 Å². The van der Waals surface area contributed by atoms with Gasteiger partial charge in [-0.3, -0.25) is 9.29 Å². The zero-order chi connectivity index (χ0) is 19.0. The fourth-order valence-corrected chi connectivity index (χ4v) is 5.49. The summed E-state index contributed by atoms with van der Waals surface area (Å²) in [5.41, 5.74) is 3.58.